The Hall–Kier alpha value is -12.8. The number of nitrogens with one attached hydrogen (secondary N) is 6. The molecule has 0 aromatic heterocycles. The van der Waals surface area contributed by atoms with Gasteiger partial charge in [0.2, 0.25) is 23.6 Å². The molecule has 0 bridgehead atoms. The van der Waals surface area contributed by atoms with Crippen LogP contribution >= 0.6 is 0 Å². The fraction of sp³-hybridized carbons (Fsp3) is 0.308. The van der Waals surface area contributed by atoms with Crippen molar-refractivity contribution in [3.8, 4) is 46.0 Å². The zero-order valence-corrected chi connectivity index (χ0v) is 64.6. The van der Waals surface area contributed by atoms with Crippen molar-refractivity contribution in [2.75, 3.05) is 26.2 Å². The van der Waals surface area contributed by atoms with Gasteiger partial charge in [0, 0.05) is 122 Å². The van der Waals surface area contributed by atoms with E-state index in [1.54, 1.807) is 107 Å². The van der Waals surface area contributed by atoms with Crippen molar-refractivity contribution in [3.05, 3.63) is 225 Å². The van der Waals surface area contributed by atoms with Gasteiger partial charge in [-0.3, -0.25) is 48.1 Å². The first-order valence-electron chi connectivity index (χ1n) is 39.2. The maximum atomic E-state index is 16.4. The lowest BCUT2D eigenvalue weighted by atomic mass is 9.76. The van der Waals surface area contributed by atoms with Crippen molar-refractivity contribution < 1.29 is 77.4 Å². The van der Waals surface area contributed by atoms with Crippen molar-refractivity contribution in [2.45, 2.75) is 154 Å². The van der Waals surface area contributed by atoms with Crippen LogP contribution in [-0.2, 0) is 54.5 Å². The lowest BCUT2D eigenvalue weighted by Gasteiger charge is -2.44. The third-order valence-corrected chi connectivity index (χ3v) is 22.8. The second kappa shape index (κ2) is 31.6. The molecule has 24 heteroatoms. The number of ether oxygens (including phenoxy) is 4. The number of benzene rings is 9. The minimum absolute atomic E-state index is 0.0183. The molecule has 2 aliphatic carbocycles. The number of fused-ring (bicyclic) bond motifs is 2. The first-order valence-corrected chi connectivity index (χ1v) is 39.2. The molecule has 590 valence electrons. The molecule has 2 fully saturated rings. The van der Waals surface area contributed by atoms with E-state index in [2.05, 4.69) is 51.6 Å². The number of hydrogen-bond donors (Lipinski definition) is 9. The van der Waals surface area contributed by atoms with Crippen LogP contribution in [0.5, 0.6) is 46.0 Å². The zero-order chi connectivity index (χ0) is 80.9. The standard InChI is InChI=1S/C91H90N8O16/c1-8-70(102)92-39-31-52-15-23-56(24-16-52)112-66-43-60-71-61(87(109)98(86(60)108)79-64(100)47-90(96-84(79)106)35-11-9-12-36-90)45-68(114-58-27-19-54(20-28-58)33-41-94-82(104)50(4)5)75-76-69(115-59-29-21-55(22-30-59)34-42-95-83(105)51(6)7)46-63-72-62(88(110)99(89(63)111)80-65(101)48-91(97-85(80)107)37-13-10-14-38-91)44-67(74(78(72)76)73(66)77(71)75)113-57-25-17-53(18-26-57)32-40-93-81(103)49(2)3/h15-30,43-46,87,100-101,109H,2,4,6,8-14,31-42,47-48H2,1,3,5,7H3,(H,92,102)(H,93,103)(H,94,104)(H,95,105)(H,96,106)(H,97,107). The Labute approximate surface area is 663 Å². The van der Waals surface area contributed by atoms with Gasteiger partial charge in [0.05, 0.1) is 16.7 Å². The Morgan fingerprint density at radius 1 is 0.435 bits per heavy atom. The largest absolute Gasteiger partial charge is 0.510 e. The van der Waals surface area contributed by atoms with Gasteiger partial charge in [-0.15, -0.1) is 0 Å². The number of imide groups is 1. The van der Waals surface area contributed by atoms with Gasteiger partial charge in [-0.25, -0.2) is 4.90 Å². The molecule has 4 heterocycles. The topological polar surface area (TPSA) is 330 Å². The van der Waals surface area contributed by atoms with E-state index < -0.39 is 69.8 Å². The average molecular weight is 1550 g/mol. The van der Waals surface area contributed by atoms with E-state index in [-0.39, 0.29) is 167 Å². The molecular formula is C91H90N8O16. The molecular weight excluding hydrogens is 1460 g/mol. The van der Waals surface area contributed by atoms with Crippen molar-refractivity contribution in [3.63, 3.8) is 0 Å². The molecule has 4 aliphatic heterocycles. The molecule has 1 unspecified atom stereocenters. The second-order valence-electron chi connectivity index (χ2n) is 31.1. The van der Waals surface area contributed by atoms with E-state index in [0.29, 0.717) is 86.0 Å². The average Bonchev–Trinajstić information content (AvgIpc) is 0.669. The van der Waals surface area contributed by atoms with Crippen LogP contribution < -0.4 is 50.8 Å². The van der Waals surface area contributed by atoms with Gasteiger partial charge in [0.1, 0.15) is 63.2 Å². The first-order chi connectivity index (χ1) is 55.3. The summed E-state index contributed by atoms with van der Waals surface area (Å²) in [5.74, 6) is -5.69. The molecule has 15 rings (SSSR count). The maximum absolute atomic E-state index is 16.4. The quantitative estimate of drug-likeness (QED) is 0.0105. The fourth-order valence-corrected chi connectivity index (χ4v) is 17.0. The van der Waals surface area contributed by atoms with Crippen molar-refractivity contribution in [1.82, 2.24) is 41.7 Å². The van der Waals surface area contributed by atoms with Gasteiger partial charge in [-0.2, -0.15) is 0 Å². The summed E-state index contributed by atoms with van der Waals surface area (Å²) in [6, 6.07) is 34.1. The van der Waals surface area contributed by atoms with Gasteiger partial charge in [0.25, 0.3) is 29.5 Å². The molecule has 9 N–H and O–H groups in total. The summed E-state index contributed by atoms with van der Waals surface area (Å²) >= 11 is 0. The summed E-state index contributed by atoms with van der Waals surface area (Å²) in [5.41, 5.74) is 1.19. The van der Waals surface area contributed by atoms with Gasteiger partial charge >= 0.3 is 0 Å². The van der Waals surface area contributed by atoms with E-state index >= 15 is 19.2 Å². The number of hydrogen-bond acceptors (Lipinski definition) is 16. The van der Waals surface area contributed by atoms with Crippen LogP contribution in [-0.4, -0.2) is 116 Å². The minimum Gasteiger partial charge on any atom is -0.510 e. The predicted molar refractivity (Wildman–Crippen MR) is 433 cm³/mol. The molecule has 0 saturated heterocycles. The van der Waals surface area contributed by atoms with Gasteiger partial charge < -0.3 is 66.2 Å². The third-order valence-electron chi connectivity index (χ3n) is 22.8. The SMILES string of the molecule is C=C(C)C(=O)NCCc1ccc(Oc2cc3c4c(cc(Oc5ccc(CCNC(=O)C(=C)C)cc5)c5c6c(Oc7ccc(CCNC(=O)C(=C)C)cc7)cc7c8c(cc(Oc9ccc(CCNC(=O)CC)cc9)c(c2c45)c86)C(=O)N(C2=C(O)CC4(CCCCC4)NC2=O)C7O)C(=O)N(C2=C(O)CC4(CCCCC4)NC2=O)C3=O)cc1. The molecule has 2 spiro atoms. The summed E-state index contributed by atoms with van der Waals surface area (Å²) in [7, 11) is 0. The normalized spacial score (nSPS) is 16.9. The number of aliphatic hydroxyl groups is 3. The molecule has 9 aromatic carbocycles. The summed E-state index contributed by atoms with van der Waals surface area (Å²) in [5, 5.41) is 57.2. The Kier molecular flexibility index (Phi) is 21.3. The zero-order valence-electron chi connectivity index (χ0n) is 64.6. The minimum atomic E-state index is -2.04. The van der Waals surface area contributed by atoms with Crippen LogP contribution in [0.2, 0.25) is 0 Å². The molecule has 1 atom stereocenters. The highest BCUT2D eigenvalue weighted by atomic mass is 16.5. The number of amides is 9. The third kappa shape index (κ3) is 15.0. The van der Waals surface area contributed by atoms with Crippen LogP contribution in [0.25, 0.3) is 43.1 Å². The molecule has 9 aromatic rings. The summed E-state index contributed by atoms with van der Waals surface area (Å²) in [6.07, 6.45) is 7.08. The number of rotatable bonds is 26. The smallest absolute Gasteiger partial charge is 0.272 e. The fourth-order valence-electron chi connectivity index (χ4n) is 17.0. The molecule has 6 aliphatic rings. The first kappa shape index (κ1) is 77.5. The Balaban J connectivity index is 1.03. The summed E-state index contributed by atoms with van der Waals surface area (Å²) in [6.45, 7) is 19.0. The van der Waals surface area contributed by atoms with Gasteiger partial charge in [0.15, 0.2) is 11.9 Å². The van der Waals surface area contributed by atoms with E-state index in [4.69, 9.17) is 18.9 Å². The lowest BCUT2D eigenvalue weighted by Crippen LogP contribution is -2.57. The Morgan fingerprint density at radius 2 is 0.757 bits per heavy atom. The van der Waals surface area contributed by atoms with E-state index in [9.17, 15) is 39.3 Å². The lowest BCUT2D eigenvalue weighted by molar-refractivity contribution is -0.124. The highest BCUT2D eigenvalue weighted by molar-refractivity contribution is 6.44. The monoisotopic (exact) mass is 1550 g/mol. The second-order valence-corrected chi connectivity index (χ2v) is 31.1. The van der Waals surface area contributed by atoms with Crippen LogP contribution in [0.15, 0.2) is 181 Å². The Bertz CT molecular complexity index is 5500. The van der Waals surface area contributed by atoms with Crippen molar-refractivity contribution in [1.29, 1.82) is 0 Å². The number of nitrogens with zero attached hydrogens (tertiary/aromatic N) is 2. The highest BCUT2D eigenvalue weighted by Gasteiger charge is 2.50. The maximum Gasteiger partial charge on any atom is 0.272 e. The summed E-state index contributed by atoms with van der Waals surface area (Å²) < 4.78 is 29.1. The highest BCUT2D eigenvalue weighted by Crippen LogP contribution is 2.59. The molecule has 24 nitrogen and oxygen atoms in total. The van der Waals surface area contributed by atoms with Crippen LogP contribution in [0.3, 0.4) is 0 Å². The predicted octanol–water partition coefficient (Wildman–Crippen LogP) is 14.7. The van der Waals surface area contributed by atoms with Crippen LogP contribution in [0.1, 0.15) is 176 Å². The van der Waals surface area contributed by atoms with E-state index in [0.717, 1.165) is 65.7 Å². The number of aliphatic hydroxyl groups excluding tert-OH is 3. The van der Waals surface area contributed by atoms with Crippen LogP contribution in [0.4, 0.5) is 0 Å². The van der Waals surface area contributed by atoms with Gasteiger partial charge in [-0.1, -0.05) is 114 Å². The molecule has 0 radical (unpaired) electrons. The summed E-state index contributed by atoms with van der Waals surface area (Å²) in [4.78, 5) is 131. The van der Waals surface area contributed by atoms with Gasteiger partial charge in [-0.05, 0) is 167 Å². The van der Waals surface area contributed by atoms with E-state index in [1.165, 1.54) is 18.2 Å². The number of carbonyl (C=O) groups is 9. The molecule has 115 heavy (non-hydrogen) atoms. The Morgan fingerprint density at radius 3 is 1.10 bits per heavy atom. The van der Waals surface area contributed by atoms with E-state index in [1.807, 2.05) is 24.3 Å². The van der Waals surface area contributed by atoms with Crippen LogP contribution in [0, 0.1) is 0 Å². The number of carbonyl (C=O) groups excluding carboxylic acids is 9. The van der Waals surface area contributed by atoms with Crippen molar-refractivity contribution in [2.24, 2.45) is 0 Å². The van der Waals surface area contributed by atoms with Crippen molar-refractivity contribution >= 4 is 96.3 Å². The molecule has 9 amide bonds. The molecule has 2 saturated carbocycles.